The fraction of sp³-hybridized carbons (Fsp3) is 0.231. The summed E-state index contributed by atoms with van der Waals surface area (Å²) in [5, 5.41) is 16.8. The third-order valence-electron chi connectivity index (χ3n) is 5.08. The van der Waals surface area contributed by atoms with Gasteiger partial charge in [0.15, 0.2) is 0 Å². The van der Waals surface area contributed by atoms with Crippen molar-refractivity contribution >= 4 is 45.1 Å². The molecule has 0 aliphatic rings. The molecule has 0 amide bonds. The number of carbonyl (C=O) groups is 3. The Morgan fingerprint density at radius 1 is 0.950 bits per heavy atom. The van der Waals surface area contributed by atoms with Crippen LogP contribution in [0, 0.1) is 0 Å². The summed E-state index contributed by atoms with van der Waals surface area (Å²) in [6, 6.07) is 15.0. The Hall–Kier alpha value is -4.85. The molecule has 40 heavy (non-hydrogen) atoms. The fourth-order valence-corrected chi connectivity index (χ4v) is 4.17. The van der Waals surface area contributed by atoms with Crippen LogP contribution < -0.4 is 9.46 Å². The lowest BCUT2D eigenvalue weighted by atomic mass is 10.2. The molecule has 0 aliphatic heterocycles. The Balaban J connectivity index is 1.61. The van der Waals surface area contributed by atoms with Gasteiger partial charge in [0.05, 0.1) is 23.4 Å². The average molecular weight is 571 g/mol. The fourth-order valence-electron chi connectivity index (χ4n) is 3.17. The van der Waals surface area contributed by atoms with E-state index in [0.717, 1.165) is 0 Å². The number of aliphatic carboxylic acids is 1. The van der Waals surface area contributed by atoms with E-state index in [9.17, 15) is 22.8 Å². The zero-order valence-corrected chi connectivity index (χ0v) is 22.2. The van der Waals surface area contributed by atoms with Crippen molar-refractivity contribution in [1.82, 2.24) is 4.98 Å². The first-order valence-electron chi connectivity index (χ1n) is 11.9. The van der Waals surface area contributed by atoms with E-state index in [-0.39, 0.29) is 54.5 Å². The molecule has 0 bridgehead atoms. The number of esters is 2. The van der Waals surface area contributed by atoms with Crippen molar-refractivity contribution in [2.24, 2.45) is 10.2 Å². The number of ether oxygens (including phenoxy) is 3. The lowest BCUT2D eigenvalue weighted by Crippen LogP contribution is -2.14. The number of pyridine rings is 1. The van der Waals surface area contributed by atoms with E-state index in [1.165, 1.54) is 55.8 Å². The predicted octanol–water partition coefficient (Wildman–Crippen LogP) is 4.26. The van der Waals surface area contributed by atoms with Gasteiger partial charge in [-0.05, 0) is 61.0 Å². The number of sulfonamides is 1. The monoisotopic (exact) mass is 570 g/mol. The van der Waals surface area contributed by atoms with Crippen molar-refractivity contribution in [2.45, 2.75) is 24.2 Å². The number of carboxylic acids is 1. The highest BCUT2D eigenvalue weighted by atomic mass is 32.2. The highest BCUT2D eigenvalue weighted by Crippen LogP contribution is 2.27. The first kappa shape index (κ1) is 29.7. The second-order valence-electron chi connectivity index (χ2n) is 8.00. The molecule has 0 saturated carbocycles. The smallest absolute Gasteiger partial charge is 0.341 e. The number of hydrogen-bond acceptors (Lipinski definition) is 11. The van der Waals surface area contributed by atoms with Crippen molar-refractivity contribution in [3.8, 4) is 5.75 Å². The minimum atomic E-state index is -3.84. The zero-order chi connectivity index (χ0) is 29.0. The number of azo groups is 1. The summed E-state index contributed by atoms with van der Waals surface area (Å²) < 4.78 is 42.8. The molecule has 0 spiro atoms. The molecule has 1 aromatic heterocycles. The van der Waals surface area contributed by atoms with Crippen LogP contribution in [-0.4, -0.2) is 56.7 Å². The minimum Gasteiger partial charge on any atom is -0.489 e. The highest BCUT2D eigenvalue weighted by Gasteiger charge is 2.16. The van der Waals surface area contributed by atoms with Gasteiger partial charge in [0, 0.05) is 19.0 Å². The van der Waals surface area contributed by atoms with Gasteiger partial charge >= 0.3 is 17.9 Å². The molecule has 14 heteroatoms. The van der Waals surface area contributed by atoms with Gasteiger partial charge in [-0.3, -0.25) is 14.3 Å². The number of carbonyl (C=O) groups excluding carboxylic acids is 2. The standard InChI is InChI=1S/C26H26N4O9S/c1-37-26(34)21-17-19(10-13-22(21)38-15-16-39-25(33)7-4-6-24(31)32)29-28-18-8-11-20(12-9-18)40(35,36)30-23-5-2-3-14-27-23/h2-3,5,8-14,17H,4,6-7,15-16H2,1H3,(H,27,30)(H,31,32). The Morgan fingerprint density at radius 2 is 1.68 bits per heavy atom. The van der Waals surface area contributed by atoms with Gasteiger partial charge in [-0.15, -0.1) is 0 Å². The van der Waals surface area contributed by atoms with Crippen LogP contribution in [-0.2, 0) is 29.1 Å². The summed E-state index contributed by atoms with van der Waals surface area (Å²) in [5.74, 6) is -1.87. The highest BCUT2D eigenvalue weighted by molar-refractivity contribution is 7.92. The third-order valence-corrected chi connectivity index (χ3v) is 6.45. The molecule has 0 atom stereocenters. The molecule has 3 rings (SSSR count). The SMILES string of the molecule is COC(=O)c1cc(N=Nc2ccc(S(=O)(=O)Nc3ccccn3)cc2)ccc1OCCOC(=O)CCCC(=O)O. The van der Waals surface area contributed by atoms with Crippen molar-refractivity contribution in [3.05, 3.63) is 72.4 Å². The van der Waals surface area contributed by atoms with Crippen molar-refractivity contribution in [2.75, 3.05) is 25.0 Å². The number of hydrogen-bond donors (Lipinski definition) is 2. The van der Waals surface area contributed by atoms with Crippen LogP contribution in [0.3, 0.4) is 0 Å². The topological polar surface area (TPSA) is 183 Å². The van der Waals surface area contributed by atoms with E-state index < -0.39 is 27.9 Å². The van der Waals surface area contributed by atoms with Crippen LogP contribution in [0.5, 0.6) is 5.75 Å². The van der Waals surface area contributed by atoms with E-state index in [1.54, 1.807) is 18.2 Å². The number of rotatable bonds is 14. The second kappa shape index (κ2) is 14.3. The van der Waals surface area contributed by atoms with Crippen molar-refractivity contribution < 1.29 is 42.1 Å². The third kappa shape index (κ3) is 9.16. The molecule has 0 saturated heterocycles. The molecule has 13 nitrogen and oxygen atoms in total. The van der Waals surface area contributed by atoms with Gasteiger partial charge in [-0.2, -0.15) is 10.2 Å². The van der Waals surface area contributed by atoms with Crippen LogP contribution in [0.15, 0.2) is 82.0 Å². The van der Waals surface area contributed by atoms with Crippen LogP contribution in [0.2, 0.25) is 0 Å². The number of aromatic nitrogens is 1. The van der Waals surface area contributed by atoms with E-state index in [4.69, 9.17) is 19.3 Å². The molecule has 2 N–H and O–H groups in total. The maximum absolute atomic E-state index is 12.5. The van der Waals surface area contributed by atoms with Gasteiger partial charge in [0.1, 0.15) is 30.3 Å². The van der Waals surface area contributed by atoms with E-state index in [2.05, 4.69) is 19.9 Å². The maximum atomic E-state index is 12.5. The Kier molecular flexibility index (Phi) is 10.7. The predicted molar refractivity (Wildman–Crippen MR) is 141 cm³/mol. The Labute approximate surface area is 229 Å². The minimum absolute atomic E-state index is 0.0116. The van der Waals surface area contributed by atoms with Crippen LogP contribution in [0.1, 0.15) is 29.6 Å². The van der Waals surface area contributed by atoms with Gasteiger partial charge < -0.3 is 19.3 Å². The van der Waals surface area contributed by atoms with Crippen LogP contribution in [0.25, 0.3) is 0 Å². The largest absolute Gasteiger partial charge is 0.489 e. The van der Waals surface area contributed by atoms with Crippen LogP contribution >= 0.6 is 0 Å². The maximum Gasteiger partial charge on any atom is 0.341 e. The zero-order valence-electron chi connectivity index (χ0n) is 21.3. The number of anilines is 1. The lowest BCUT2D eigenvalue weighted by molar-refractivity contribution is -0.144. The van der Waals surface area contributed by atoms with Gasteiger partial charge in [0.2, 0.25) is 0 Å². The Morgan fingerprint density at radius 3 is 2.35 bits per heavy atom. The lowest BCUT2D eigenvalue weighted by Gasteiger charge is -2.11. The summed E-state index contributed by atoms with van der Waals surface area (Å²) >= 11 is 0. The summed E-state index contributed by atoms with van der Waals surface area (Å²) in [4.78, 5) is 38.3. The van der Waals surface area contributed by atoms with Gasteiger partial charge in [0.25, 0.3) is 10.0 Å². The molecule has 1 heterocycles. The number of nitrogens with zero attached hydrogens (tertiary/aromatic N) is 3. The second-order valence-corrected chi connectivity index (χ2v) is 9.69. The number of benzene rings is 2. The molecule has 0 radical (unpaired) electrons. The molecular weight excluding hydrogens is 544 g/mol. The molecule has 0 unspecified atom stereocenters. The van der Waals surface area contributed by atoms with E-state index >= 15 is 0 Å². The molecule has 2 aromatic carbocycles. The molecular formula is C26H26N4O9S. The van der Waals surface area contributed by atoms with Gasteiger partial charge in [-0.25, -0.2) is 18.2 Å². The summed E-state index contributed by atoms with van der Waals surface area (Å²) in [6.45, 7) is -0.156. The average Bonchev–Trinajstić information content (AvgIpc) is 2.94. The van der Waals surface area contributed by atoms with Crippen LogP contribution in [0.4, 0.5) is 17.2 Å². The molecule has 3 aromatic rings. The van der Waals surface area contributed by atoms with E-state index in [0.29, 0.717) is 11.4 Å². The first-order valence-corrected chi connectivity index (χ1v) is 13.3. The Bertz CT molecular complexity index is 1460. The normalized spacial score (nSPS) is 11.1. The quantitative estimate of drug-likeness (QED) is 0.161. The number of nitrogens with one attached hydrogen (secondary N) is 1. The molecule has 0 fully saturated rings. The number of methoxy groups -OCH3 is 1. The summed E-state index contributed by atoms with van der Waals surface area (Å²) in [5.41, 5.74) is 0.724. The van der Waals surface area contributed by atoms with Crippen molar-refractivity contribution in [1.29, 1.82) is 0 Å². The van der Waals surface area contributed by atoms with Gasteiger partial charge in [-0.1, -0.05) is 6.07 Å². The first-order chi connectivity index (χ1) is 19.2. The summed E-state index contributed by atoms with van der Waals surface area (Å²) in [6.07, 6.45) is 1.48. The molecule has 210 valence electrons. The van der Waals surface area contributed by atoms with E-state index in [1.807, 2.05) is 0 Å². The number of carboxylic acid groups (broad SMARTS) is 1. The van der Waals surface area contributed by atoms with Crippen molar-refractivity contribution in [3.63, 3.8) is 0 Å². The molecule has 0 aliphatic carbocycles. The summed E-state index contributed by atoms with van der Waals surface area (Å²) in [7, 11) is -2.64.